The molecule has 112 valence electrons. The molecule has 3 nitrogen and oxygen atoms in total. The molecular weight excluding hydrogens is 250 g/mol. The third kappa shape index (κ3) is 3.89. The summed E-state index contributed by atoms with van der Waals surface area (Å²) in [6, 6.07) is 6.27. The molecule has 1 aliphatic rings. The highest BCUT2D eigenvalue weighted by molar-refractivity contribution is 5.41. The lowest BCUT2D eigenvalue weighted by Crippen LogP contribution is -2.37. The third-order valence-corrected chi connectivity index (χ3v) is 4.33. The smallest absolute Gasteiger partial charge is 0.161 e. The van der Waals surface area contributed by atoms with Crippen molar-refractivity contribution in [3.8, 4) is 11.5 Å². The van der Waals surface area contributed by atoms with Gasteiger partial charge < -0.3 is 15.2 Å². The predicted molar refractivity (Wildman–Crippen MR) is 82.2 cm³/mol. The number of hydrogen-bond donors (Lipinski definition) is 2. The van der Waals surface area contributed by atoms with Gasteiger partial charge in [-0.25, -0.2) is 0 Å². The van der Waals surface area contributed by atoms with E-state index in [9.17, 15) is 5.11 Å². The van der Waals surface area contributed by atoms with Crippen molar-refractivity contribution in [3.63, 3.8) is 0 Å². The summed E-state index contributed by atoms with van der Waals surface area (Å²) in [5, 5.41) is 13.4. The van der Waals surface area contributed by atoms with Gasteiger partial charge in [-0.1, -0.05) is 32.3 Å². The van der Waals surface area contributed by atoms with Gasteiger partial charge in [-0.15, -0.1) is 0 Å². The Balaban J connectivity index is 1.94. The van der Waals surface area contributed by atoms with E-state index in [1.54, 1.807) is 6.07 Å². The molecular formula is C17H27NO2. The molecule has 0 amide bonds. The van der Waals surface area contributed by atoms with Gasteiger partial charge in [0.05, 0.1) is 6.61 Å². The Labute approximate surface area is 122 Å². The van der Waals surface area contributed by atoms with Crippen LogP contribution >= 0.6 is 0 Å². The third-order valence-electron chi connectivity index (χ3n) is 4.33. The summed E-state index contributed by atoms with van der Waals surface area (Å²) in [6.45, 7) is 5.64. The van der Waals surface area contributed by atoms with Crippen molar-refractivity contribution in [3.05, 3.63) is 23.8 Å². The second-order valence-corrected chi connectivity index (χ2v) is 5.68. The maximum Gasteiger partial charge on any atom is 0.161 e. The van der Waals surface area contributed by atoms with Crippen LogP contribution in [0.4, 0.5) is 0 Å². The highest BCUT2D eigenvalue weighted by atomic mass is 16.5. The van der Waals surface area contributed by atoms with E-state index >= 15 is 0 Å². The molecule has 0 radical (unpaired) electrons. The fraction of sp³-hybridized carbons (Fsp3) is 0.647. The summed E-state index contributed by atoms with van der Waals surface area (Å²) in [4.78, 5) is 0. The summed E-state index contributed by atoms with van der Waals surface area (Å²) in [6.07, 6.45) is 6.62. The topological polar surface area (TPSA) is 41.5 Å². The Hall–Kier alpha value is -1.22. The van der Waals surface area contributed by atoms with Gasteiger partial charge in [0.25, 0.3) is 0 Å². The first kappa shape index (κ1) is 15.2. The molecule has 0 aromatic heterocycles. The van der Waals surface area contributed by atoms with Gasteiger partial charge in [-0.05, 0) is 43.4 Å². The number of rotatable bonds is 6. The van der Waals surface area contributed by atoms with Crippen LogP contribution in [0.3, 0.4) is 0 Å². The molecule has 0 spiro atoms. The monoisotopic (exact) mass is 277 g/mol. The fourth-order valence-electron chi connectivity index (χ4n) is 3.15. The molecule has 2 rings (SSSR count). The number of benzene rings is 1. The van der Waals surface area contributed by atoms with Crippen LogP contribution < -0.4 is 10.1 Å². The lowest BCUT2D eigenvalue weighted by molar-refractivity contribution is 0.254. The van der Waals surface area contributed by atoms with E-state index in [4.69, 9.17) is 4.74 Å². The Kier molecular flexibility index (Phi) is 5.72. The van der Waals surface area contributed by atoms with E-state index in [0.29, 0.717) is 18.4 Å². The summed E-state index contributed by atoms with van der Waals surface area (Å²) in [5.74, 6) is 1.62. The zero-order chi connectivity index (χ0) is 14.4. The molecule has 1 saturated carbocycles. The second kappa shape index (κ2) is 7.53. The SMILES string of the molecule is CCOc1cc(CNC2CCCCC2CC)ccc1O. The average Bonchev–Trinajstić information content (AvgIpc) is 2.48. The molecule has 0 aliphatic heterocycles. The zero-order valence-corrected chi connectivity index (χ0v) is 12.7. The predicted octanol–water partition coefficient (Wildman–Crippen LogP) is 3.85. The number of hydrogen-bond acceptors (Lipinski definition) is 3. The number of phenolic OH excluding ortho intramolecular Hbond substituents is 1. The van der Waals surface area contributed by atoms with E-state index in [1.807, 2.05) is 19.1 Å². The molecule has 0 saturated heterocycles. The normalized spacial score (nSPS) is 22.7. The van der Waals surface area contributed by atoms with Gasteiger partial charge in [0, 0.05) is 12.6 Å². The largest absolute Gasteiger partial charge is 0.504 e. The van der Waals surface area contributed by atoms with Crippen LogP contribution in [0.2, 0.25) is 0 Å². The Bertz CT molecular complexity index is 419. The first-order valence-corrected chi connectivity index (χ1v) is 7.92. The maximum absolute atomic E-state index is 9.72. The van der Waals surface area contributed by atoms with E-state index in [1.165, 1.54) is 37.7 Å². The number of phenols is 1. The minimum Gasteiger partial charge on any atom is -0.504 e. The lowest BCUT2D eigenvalue weighted by Gasteiger charge is -2.31. The molecule has 0 heterocycles. The van der Waals surface area contributed by atoms with Gasteiger partial charge in [-0.3, -0.25) is 0 Å². The van der Waals surface area contributed by atoms with Gasteiger partial charge in [-0.2, -0.15) is 0 Å². The molecule has 3 heteroatoms. The van der Waals surface area contributed by atoms with Crippen molar-refractivity contribution in [2.75, 3.05) is 6.61 Å². The maximum atomic E-state index is 9.72. The van der Waals surface area contributed by atoms with E-state index in [-0.39, 0.29) is 5.75 Å². The molecule has 1 aliphatic carbocycles. The Morgan fingerprint density at radius 3 is 2.80 bits per heavy atom. The highest BCUT2D eigenvalue weighted by Crippen LogP contribution is 2.29. The van der Waals surface area contributed by atoms with Gasteiger partial charge in [0.1, 0.15) is 0 Å². The van der Waals surface area contributed by atoms with Crippen LogP contribution in [0.15, 0.2) is 18.2 Å². The molecule has 2 unspecified atom stereocenters. The van der Waals surface area contributed by atoms with Crippen molar-refractivity contribution >= 4 is 0 Å². The summed E-state index contributed by atoms with van der Waals surface area (Å²) in [5.41, 5.74) is 1.17. The molecule has 20 heavy (non-hydrogen) atoms. The lowest BCUT2D eigenvalue weighted by atomic mass is 9.83. The van der Waals surface area contributed by atoms with Crippen molar-refractivity contribution in [2.45, 2.75) is 58.5 Å². The van der Waals surface area contributed by atoms with E-state index in [2.05, 4.69) is 12.2 Å². The molecule has 1 aromatic carbocycles. The van der Waals surface area contributed by atoms with Crippen LogP contribution in [0, 0.1) is 5.92 Å². The second-order valence-electron chi connectivity index (χ2n) is 5.68. The highest BCUT2D eigenvalue weighted by Gasteiger charge is 2.22. The minimum atomic E-state index is 0.222. The first-order valence-electron chi connectivity index (χ1n) is 7.92. The van der Waals surface area contributed by atoms with Crippen molar-refractivity contribution in [1.29, 1.82) is 0 Å². The molecule has 0 bridgehead atoms. The molecule has 2 N–H and O–H groups in total. The molecule has 2 atom stereocenters. The summed E-state index contributed by atoms with van der Waals surface area (Å²) in [7, 11) is 0. The van der Waals surface area contributed by atoms with Crippen molar-refractivity contribution < 1.29 is 9.84 Å². The number of nitrogens with one attached hydrogen (secondary N) is 1. The first-order chi connectivity index (χ1) is 9.74. The molecule has 1 aromatic rings. The van der Waals surface area contributed by atoms with Crippen LogP contribution in [0.1, 0.15) is 51.5 Å². The Morgan fingerprint density at radius 1 is 1.25 bits per heavy atom. The zero-order valence-electron chi connectivity index (χ0n) is 12.7. The number of aromatic hydroxyl groups is 1. The standard InChI is InChI=1S/C17H27NO2/c1-3-14-7-5-6-8-15(14)18-12-13-9-10-16(19)17(11-13)20-4-2/h9-11,14-15,18-19H,3-8,12H2,1-2H3. The summed E-state index contributed by atoms with van der Waals surface area (Å²) < 4.78 is 5.43. The van der Waals surface area contributed by atoms with Crippen LogP contribution in [0.25, 0.3) is 0 Å². The quantitative estimate of drug-likeness (QED) is 0.830. The van der Waals surface area contributed by atoms with Crippen molar-refractivity contribution in [2.24, 2.45) is 5.92 Å². The van der Waals surface area contributed by atoms with Crippen LogP contribution in [0.5, 0.6) is 11.5 Å². The summed E-state index contributed by atoms with van der Waals surface area (Å²) >= 11 is 0. The minimum absolute atomic E-state index is 0.222. The average molecular weight is 277 g/mol. The Morgan fingerprint density at radius 2 is 2.05 bits per heavy atom. The fourth-order valence-corrected chi connectivity index (χ4v) is 3.15. The van der Waals surface area contributed by atoms with Gasteiger partial charge in [0.15, 0.2) is 11.5 Å². The van der Waals surface area contributed by atoms with E-state index < -0.39 is 0 Å². The molecule has 1 fully saturated rings. The van der Waals surface area contributed by atoms with Gasteiger partial charge in [0.2, 0.25) is 0 Å². The van der Waals surface area contributed by atoms with Crippen LogP contribution in [-0.2, 0) is 6.54 Å². The van der Waals surface area contributed by atoms with Crippen LogP contribution in [-0.4, -0.2) is 17.8 Å². The van der Waals surface area contributed by atoms with Crippen molar-refractivity contribution in [1.82, 2.24) is 5.32 Å². The van der Waals surface area contributed by atoms with Gasteiger partial charge >= 0.3 is 0 Å². The van der Waals surface area contributed by atoms with E-state index in [0.717, 1.165) is 12.5 Å². The number of ether oxygens (including phenoxy) is 1.